The monoisotopic (exact) mass is 363 g/mol. The molecule has 1 aliphatic heterocycles. The minimum absolute atomic E-state index is 0.0995. The average Bonchev–Trinajstić information content (AvgIpc) is 3.18. The second-order valence-electron chi connectivity index (χ2n) is 6.05. The molecular formula is C16H21N5O3S. The summed E-state index contributed by atoms with van der Waals surface area (Å²) in [6.07, 6.45) is 4.06. The van der Waals surface area contributed by atoms with Gasteiger partial charge < -0.3 is 19.6 Å². The molecule has 0 aliphatic carbocycles. The summed E-state index contributed by atoms with van der Waals surface area (Å²) in [7, 11) is 1.85. The van der Waals surface area contributed by atoms with Crippen LogP contribution in [0.4, 0.5) is 0 Å². The van der Waals surface area contributed by atoms with Gasteiger partial charge in [-0.3, -0.25) is 9.59 Å². The highest BCUT2D eigenvalue weighted by molar-refractivity contribution is 7.99. The van der Waals surface area contributed by atoms with Crippen LogP contribution in [0, 0.1) is 6.92 Å². The molecular weight excluding hydrogens is 342 g/mol. The van der Waals surface area contributed by atoms with E-state index in [4.69, 9.17) is 10.2 Å². The lowest BCUT2D eigenvalue weighted by atomic mass is 10.0. The molecule has 1 atom stereocenters. The van der Waals surface area contributed by atoms with E-state index in [1.165, 1.54) is 11.8 Å². The number of rotatable bonds is 5. The Labute approximate surface area is 149 Å². The van der Waals surface area contributed by atoms with E-state index in [0.29, 0.717) is 23.9 Å². The molecule has 1 fully saturated rings. The van der Waals surface area contributed by atoms with Crippen molar-refractivity contribution < 1.29 is 14.0 Å². The molecule has 2 amide bonds. The van der Waals surface area contributed by atoms with Crippen LogP contribution in [0.15, 0.2) is 21.9 Å². The molecule has 134 valence electrons. The molecule has 3 rings (SSSR count). The second-order valence-corrected chi connectivity index (χ2v) is 6.99. The summed E-state index contributed by atoms with van der Waals surface area (Å²) < 4.78 is 7.13. The topological polar surface area (TPSA) is 107 Å². The molecule has 0 aromatic carbocycles. The molecule has 0 bridgehead atoms. The summed E-state index contributed by atoms with van der Waals surface area (Å²) in [4.78, 5) is 25.7. The quantitative estimate of drug-likeness (QED) is 0.803. The van der Waals surface area contributed by atoms with Gasteiger partial charge >= 0.3 is 0 Å². The summed E-state index contributed by atoms with van der Waals surface area (Å²) in [5, 5.41) is 8.98. The van der Waals surface area contributed by atoms with E-state index in [0.717, 1.165) is 24.2 Å². The Bertz CT molecular complexity index is 785. The van der Waals surface area contributed by atoms with Gasteiger partial charge in [0, 0.05) is 13.6 Å². The van der Waals surface area contributed by atoms with Gasteiger partial charge in [0.25, 0.3) is 0 Å². The summed E-state index contributed by atoms with van der Waals surface area (Å²) in [5.74, 6) is 1.11. The first-order valence-electron chi connectivity index (χ1n) is 8.14. The van der Waals surface area contributed by atoms with E-state index in [-0.39, 0.29) is 11.7 Å². The van der Waals surface area contributed by atoms with E-state index in [1.54, 1.807) is 11.2 Å². The largest absolute Gasteiger partial charge is 0.469 e. The molecule has 2 aromatic rings. The Morgan fingerprint density at radius 1 is 1.40 bits per heavy atom. The third-order valence-corrected chi connectivity index (χ3v) is 5.42. The zero-order chi connectivity index (χ0) is 18.0. The Hall–Kier alpha value is -2.29. The normalized spacial score (nSPS) is 17.7. The molecule has 2 N–H and O–H groups in total. The Morgan fingerprint density at radius 2 is 2.20 bits per heavy atom. The zero-order valence-electron chi connectivity index (χ0n) is 14.3. The number of amides is 2. The van der Waals surface area contributed by atoms with Crippen molar-refractivity contribution in [2.75, 3.05) is 12.3 Å². The molecule has 8 nitrogen and oxygen atoms in total. The molecule has 9 heteroatoms. The number of carbonyl (C=O) groups excluding carboxylic acids is 2. The SMILES string of the molecule is Cc1occc1-c1nnc(SCC(=O)N2CCCC[C@H]2C(N)=O)n1C. The molecule has 0 spiro atoms. The lowest BCUT2D eigenvalue weighted by molar-refractivity contribution is -0.138. The Kier molecular flexibility index (Phi) is 5.12. The first kappa shape index (κ1) is 17.5. The van der Waals surface area contributed by atoms with Crippen LogP contribution in [0.25, 0.3) is 11.4 Å². The number of likely N-dealkylation sites (tertiary alicyclic amines) is 1. The maximum absolute atomic E-state index is 12.5. The zero-order valence-corrected chi connectivity index (χ0v) is 15.1. The van der Waals surface area contributed by atoms with Gasteiger partial charge in [0.1, 0.15) is 11.8 Å². The first-order valence-corrected chi connectivity index (χ1v) is 9.13. The summed E-state index contributed by atoms with van der Waals surface area (Å²) in [5.41, 5.74) is 6.30. The van der Waals surface area contributed by atoms with E-state index in [9.17, 15) is 9.59 Å². The van der Waals surface area contributed by atoms with Gasteiger partial charge in [0.2, 0.25) is 11.8 Å². The number of primary amides is 1. The fourth-order valence-electron chi connectivity index (χ4n) is 3.03. The van der Waals surface area contributed by atoms with Gasteiger partial charge in [0.05, 0.1) is 17.6 Å². The number of thioether (sulfide) groups is 1. The lowest BCUT2D eigenvalue weighted by Gasteiger charge is -2.33. The van der Waals surface area contributed by atoms with E-state index < -0.39 is 11.9 Å². The van der Waals surface area contributed by atoms with E-state index >= 15 is 0 Å². The summed E-state index contributed by atoms with van der Waals surface area (Å²) in [6.45, 7) is 2.44. The van der Waals surface area contributed by atoms with Crippen LogP contribution in [0.1, 0.15) is 25.0 Å². The number of aromatic nitrogens is 3. The third-order valence-electron chi connectivity index (χ3n) is 4.41. The van der Waals surface area contributed by atoms with Gasteiger partial charge in [-0.1, -0.05) is 11.8 Å². The Morgan fingerprint density at radius 3 is 2.88 bits per heavy atom. The van der Waals surface area contributed by atoms with Crippen molar-refractivity contribution in [1.82, 2.24) is 19.7 Å². The van der Waals surface area contributed by atoms with Crippen molar-refractivity contribution in [1.29, 1.82) is 0 Å². The molecule has 2 aromatic heterocycles. The molecule has 1 aliphatic rings. The van der Waals surface area contributed by atoms with Crippen molar-refractivity contribution >= 4 is 23.6 Å². The fraction of sp³-hybridized carbons (Fsp3) is 0.500. The van der Waals surface area contributed by atoms with Crippen LogP contribution in [0.5, 0.6) is 0 Å². The van der Waals surface area contributed by atoms with E-state index in [2.05, 4.69) is 10.2 Å². The maximum atomic E-state index is 12.5. The predicted molar refractivity (Wildman–Crippen MR) is 92.7 cm³/mol. The number of hydrogen-bond donors (Lipinski definition) is 1. The highest BCUT2D eigenvalue weighted by Gasteiger charge is 2.30. The highest BCUT2D eigenvalue weighted by Crippen LogP contribution is 2.26. The van der Waals surface area contributed by atoms with Crippen molar-refractivity contribution in [2.45, 2.75) is 37.4 Å². The molecule has 0 radical (unpaired) electrons. The molecule has 0 saturated carbocycles. The standard InChI is InChI=1S/C16H21N5O3S/c1-10-11(6-8-24-10)15-18-19-16(20(15)2)25-9-13(22)21-7-4-3-5-12(21)14(17)23/h6,8,12H,3-5,7,9H2,1-2H3,(H2,17,23)/t12-/m0/s1. The first-order chi connectivity index (χ1) is 12.0. The summed E-state index contributed by atoms with van der Waals surface area (Å²) >= 11 is 1.30. The minimum Gasteiger partial charge on any atom is -0.469 e. The van der Waals surface area contributed by atoms with Crippen LogP contribution in [-0.2, 0) is 16.6 Å². The lowest BCUT2D eigenvalue weighted by Crippen LogP contribution is -2.51. The van der Waals surface area contributed by atoms with Crippen molar-refractivity contribution in [3.8, 4) is 11.4 Å². The number of hydrogen-bond acceptors (Lipinski definition) is 6. The van der Waals surface area contributed by atoms with Gasteiger partial charge in [-0.05, 0) is 32.3 Å². The fourth-order valence-corrected chi connectivity index (χ4v) is 3.82. The molecule has 3 heterocycles. The molecule has 0 unspecified atom stereocenters. The van der Waals surface area contributed by atoms with Crippen LogP contribution in [0.3, 0.4) is 0 Å². The van der Waals surface area contributed by atoms with Gasteiger partial charge in [-0.15, -0.1) is 10.2 Å². The number of nitrogens with zero attached hydrogens (tertiary/aromatic N) is 4. The van der Waals surface area contributed by atoms with Crippen LogP contribution in [-0.4, -0.2) is 49.8 Å². The van der Waals surface area contributed by atoms with Crippen molar-refractivity contribution in [2.24, 2.45) is 12.8 Å². The second kappa shape index (κ2) is 7.30. The van der Waals surface area contributed by atoms with Gasteiger partial charge in [-0.2, -0.15) is 0 Å². The van der Waals surface area contributed by atoms with Crippen molar-refractivity contribution in [3.05, 3.63) is 18.1 Å². The number of carbonyl (C=O) groups is 2. The maximum Gasteiger partial charge on any atom is 0.240 e. The van der Waals surface area contributed by atoms with Gasteiger partial charge in [-0.25, -0.2) is 0 Å². The minimum atomic E-state index is -0.495. The van der Waals surface area contributed by atoms with Crippen LogP contribution < -0.4 is 5.73 Å². The smallest absolute Gasteiger partial charge is 0.240 e. The van der Waals surface area contributed by atoms with E-state index in [1.807, 2.05) is 24.6 Å². The summed E-state index contributed by atoms with van der Waals surface area (Å²) in [6, 6.07) is 1.34. The van der Waals surface area contributed by atoms with Crippen molar-refractivity contribution in [3.63, 3.8) is 0 Å². The predicted octanol–water partition coefficient (Wildman–Crippen LogP) is 1.34. The number of piperidine rings is 1. The third kappa shape index (κ3) is 3.55. The number of aryl methyl sites for hydroxylation is 1. The average molecular weight is 363 g/mol. The number of furan rings is 1. The van der Waals surface area contributed by atoms with Crippen LogP contribution in [0.2, 0.25) is 0 Å². The molecule has 1 saturated heterocycles. The van der Waals surface area contributed by atoms with Gasteiger partial charge in [0.15, 0.2) is 11.0 Å². The number of nitrogens with two attached hydrogens (primary N) is 1. The highest BCUT2D eigenvalue weighted by atomic mass is 32.2. The Balaban J connectivity index is 1.67. The molecule has 25 heavy (non-hydrogen) atoms. The van der Waals surface area contributed by atoms with Crippen LogP contribution >= 0.6 is 11.8 Å².